The SMILES string of the molecule is CC.CC(=O)[O-].CC(=O)[O-].CC1(C)OB(B2OC(C)(C)C(C)(C)O2)OC1(C)C.Cc1ccc(O)c(B2OC(C)(C)C(C)(C)O2)c1.Cc1ccc(O)c(Br)c1.ClCCl.[Cl][Pd][Cl].[Fe].[K+].[K+].c1ccc(P(c2ccccc2)C2CCCC2)cc1.c1ccc(P(c2ccccc2)C2CCCC2)cc1. The fourth-order valence-corrected chi connectivity index (χ4v) is 16.8. The number of alkyl halides is 2. The molecular formula is C73H102B3BrCl4FeK2O12P2Pd. The summed E-state index contributed by atoms with van der Waals surface area (Å²) >= 11 is 12.6. The number of phenols is 2. The summed E-state index contributed by atoms with van der Waals surface area (Å²) in [5.41, 5.74) is 2.50. The maximum absolute atomic E-state index is 9.88. The molecule has 5 aliphatic rings. The van der Waals surface area contributed by atoms with E-state index >= 15 is 0 Å². The number of aliphatic carboxylic acids is 2. The average Bonchev–Trinajstić information content (AvgIpc) is 1.61. The number of hydrogen-bond donors (Lipinski definition) is 2. The number of phenolic OH excluding ortho intramolecular Hbond substituents is 2. The molecule has 12 nitrogen and oxygen atoms in total. The van der Waals surface area contributed by atoms with Gasteiger partial charge in [0, 0.05) is 34.5 Å². The van der Waals surface area contributed by atoms with Gasteiger partial charge in [0.1, 0.15) is 11.5 Å². The molecule has 6 aromatic carbocycles. The van der Waals surface area contributed by atoms with Crippen molar-refractivity contribution >= 4 is 134 Å². The molecule has 2 aliphatic carbocycles. The van der Waals surface area contributed by atoms with Crippen LogP contribution in [0.25, 0.3) is 0 Å². The average molecular weight is 1730 g/mol. The number of carboxylic acid groups (broad SMARTS) is 2. The van der Waals surface area contributed by atoms with Crippen LogP contribution in [0.4, 0.5) is 0 Å². The molecule has 0 atom stereocenters. The van der Waals surface area contributed by atoms with E-state index in [2.05, 4.69) is 137 Å². The largest absolute Gasteiger partial charge is 1.00 e. The van der Waals surface area contributed by atoms with Crippen LogP contribution in [0.15, 0.2) is 162 Å². The number of aryl methyl sites for hydroxylation is 2. The van der Waals surface area contributed by atoms with Gasteiger partial charge in [0.15, 0.2) is 0 Å². The van der Waals surface area contributed by atoms with Gasteiger partial charge in [0.25, 0.3) is 0 Å². The molecular weight excluding hydrogens is 1630 g/mol. The molecule has 0 radical (unpaired) electrons. The Morgan fingerprint density at radius 3 is 0.939 bits per heavy atom. The second-order valence-electron chi connectivity index (χ2n) is 25.9. The molecule has 99 heavy (non-hydrogen) atoms. The molecule has 0 amide bonds. The topological polar surface area (TPSA) is 176 Å². The zero-order chi connectivity index (χ0) is 72.7. The maximum atomic E-state index is 9.88. The molecule has 0 spiro atoms. The third-order valence-corrected chi connectivity index (χ3v) is 23.6. The number of carbonyl (C=O) groups excluding carboxylic acids is 2. The van der Waals surface area contributed by atoms with Gasteiger partial charge in [-0.05, 0) is 225 Å². The Kier molecular flexibility index (Phi) is 52.7. The van der Waals surface area contributed by atoms with E-state index in [0.29, 0.717) is 11.2 Å². The maximum Gasteiger partial charge on any atom is 1.00 e. The number of halogens is 5. The fourth-order valence-electron chi connectivity index (χ4n) is 10.3. The van der Waals surface area contributed by atoms with Crippen LogP contribution in [0.3, 0.4) is 0 Å². The third kappa shape index (κ3) is 35.3. The van der Waals surface area contributed by atoms with E-state index in [0.717, 1.165) is 40.8 Å². The first-order chi connectivity index (χ1) is 45.0. The van der Waals surface area contributed by atoms with Crippen molar-refractivity contribution < 1.29 is 194 Å². The zero-order valence-electron chi connectivity index (χ0n) is 61.7. The van der Waals surface area contributed by atoms with Crippen molar-refractivity contribution in [3.63, 3.8) is 0 Å². The van der Waals surface area contributed by atoms with Crippen molar-refractivity contribution in [2.45, 2.75) is 221 Å². The summed E-state index contributed by atoms with van der Waals surface area (Å²) in [5.74, 6) is -1.66. The number of benzene rings is 6. The normalized spacial score (nSPS) is 17.3. The monoisotopic (exact) mass is 1720 g/mol. The molecule has 3 saturated heterocycles. The number of carboxylic acids is 2. The Hall–Kier alpha value is 0.769. The van der Waals surface area contributed by atoms with Gasteiger partial charge in [-0.3, -0.25) is 0 Å². The van der Waals surface area contributed by atoms with Crippen molar-refractivity contribution in [2.24, 2.45) is 0 Å². The standard InChI is InChI=1S/2C17H19P.C13H19BO3.C12H24B2O4.C7H7BrO.2C2H4O2.C2H6.CH2Cl2.2ClH.Fe.2K.Pd/c2*1-3-9-15(10-4-1)18(17-13-7-8-14-17)16-11-5-2-6-12-16;1-9-6-7-11(15)10(8-9)14-16-12(2,3)13(4,5)17-14;1-9(2)10(3,4)16-13(15-9)14-17-11(5,6)12(7,8)18-14;1-5-2-3-7(9)6(8)4-5;2*1-2(3)4;1-2;2-1-3;;;;;;/h2*1-6,9-12,17H,7-8,13-14H2;6-8,15H,1-5H3;1-8H3;2-4,9H,1H3;2*1H3,(H,3,4);1-2H3;1H2;2*1H;;;;/q;;;;;;;;;;;;2*+1;+2/p-4. The molecule has 3 heterocycles. The van der Waals surface area contributed by atoms with Crippen LogP contribution in [-0.2, 0) is 70.5 Å². The molecule has 0 unspecified atom stereocenters. The Labute approximate surface area is 728 Å². The first-order valence-electron chi connectivity index (χ1n) is 32.4. The molecule has 6 aromatic rings. The van der Waals surface area contributed by atoms with Gasteiger partial charge < -0.3 is 57.9 Å². The number of aromatic hydroxyl groups is 2. The minimum Gasteiger partial charge on any atom is -0.0622 e. The second kappa shape index (κ2) is 51.2. The number of hydrogen-bond acceptors (Lipinski definition) is 12. The van der Waals surface area contributed by atoms with Gasteiger partial charge in [-0.2, -0.15) is 0 Å². The second-order valence-corrected chi connectivity index (χ2v) is 35.0. The van der Waals surface area contributed by atoms with Gasteiger partial charge >= 0.3 is 159 Å². The Morgan fingerprint density at radius 1 is 0.485 bits per heavy atom. The van der Waals surface area contributed by atoms with Gasteiger partial charge in [-0.1, -0.05) is 185 Å². The van der Waals surface area contributed by atoms with Crippen molar-refractivity contribution in [2.75, 3.05) is 5.34 Å². The molecule has 26 heteroatoms. The summed E-state index contributed by atoms with van der Waals surface area (Å²) in [7, 11) is 7.87. The number of carbonyl (C=O) groups is 2. The minimum atomic E-state index is -1.08. The van der Waals surface area contributed by atoms with E-state index in [1.165, 1.54) is 51.4 Å². The summed E-state index contributed by atoms with van der Waals surface area (Å²) in [6, 6.07) is 55.3. The van der Waals surface area contributed by atoms with Crippen LogP contribution < -0.4 is 140 Å². The summed E-state index contributed by atoms with van der Waals surface area (Å²) in [5, 5.41) is 43.0. The summed E-state index contributed by atoms with van der Waals surface area (Å²) in [6.07, 6.45) is 11.3. The van der Waals surface area contributed by atoms with Crippen molar-refractivity contribution in [3.8, 4) is 11.5 Å². The Morgan fingerprint density at radius 2 is 0.707 bits per heavy atom. The summed E-state index contributed by atoms with van der Waals surface area (Å²) in [4.78, 5) is 17.8. The zero-order valence-corrected chi connectivity index (χ0v) is 77.0. The molecule has 3 aliphatic heterocycles. The first kappa shape index (κ1) is 102. The van der Waals surface area contributed by atoms with E-state index in [1.807, 2.05) is 135 Å². The van der Waals surface area contributed by atoms with Gasteiger partial charge in [0.2, 0.25) is 0 Å². The van der Waals surface area contributed by atoms with Crippen molar-refractivity contribution in [3.05, 3.63) is 173 Å². The predicted molar refractivity (Wildman–Crippen MR) is 405 cm³/mol. The molecule has 540 valence electrons. The van der Waals surface area contributed by atoms with E-state index in [1.54, 1.807) is 33.4 Å². The van der Waals surface area contributed by atoms with Gasteiger partial charge in [-0.15, -0.1) is 23.2 Å². The van der Waals surface area contributed by atoms with Crippen LogP contribution in [0, 0.1) is 13.8 Å². The molecule has 0 aromatic heterocycles. The third-order valence-electron chi connectivity index (χ3n) is 17.1. The van der Waals surface area contributed by atoms with Crippen LogP contribution >= 0.6 is 74.0 Å². The van der Waals surface area contributed by atoms with E-state index in [-0.39, 0.29) is 196 Å². The van der Waals surface area contributed by atoms with Crippen LogP contribution in [-0.4, -0.2) is 93.6 Å². The quantitative estimate of drug-likeness (QED) is 0.0839. The van der Waals surface area contributed by atoms with Crippen molar-refractivity contribution in [1.82, 2.24) is 0 Å². The molecule has 5 fully saturated rings. The van der Waals surface area contributed by atoms with Crippen molar-refractivity contribution in [1.29, 1.82) is 0 Å². The van der Waals surface area contributed by atoms with Gasteiger partial charge in [-0.25, -0.2) is 0 Å². The summed E-state index contributed by atoms with van der Waals surface area (Å²) in [6.45, 7) is 34.1. The van der Waals surface area contributed by atoms with E-state index in [4.69, 9.17) is 95.1 Å². The smallest absolute Gasteiger partial charge is 0.0622 e. The Bertz CT molecular complexity index is 2900. The minimum absolute atomic E-state index is 0. The molecule has 2 saturated carbocycles. The van der Waals surface area contributed by atoms with Crippen LogP contribution in [0.5, 0.6) is 11.5 Å². The molecule has 2 N–H and O–H groups in total. The first-order valence-corrected chi connectivity index (χ1v) is 41.1. The molecule has 0 bridgehead atoms. The Balaban J connectivity index is 0. The van der Waals surface area contributed by atoms with E-state index in [9.17, 15) is 5.11 Å². The fraction of sp³-hybridized carbons (Fsp3) is 0.479. The number of rotatable bonds is 8. The van der Waals surface area contributed by atoms with Crippen LogP contribution in [0.2, 0.25) is 0 Å². The van der Waals surface area contributed by atoms with Gasteiger partial charge in [0.05, 0.1) is 43.4 Å². The van der Waals surface area contributed by atoms with Crippen LogP contribution in [0.1, 0.15) is 173 Å². The predicted octanol–water partition coefficient (Wildman–Crippen LogP) is 10.2. The van der Waals surface area contributed by atoms with E-state index < -0.39 is 33.1 Å². The summed E-state index contributed by atoms with van der Waals surface area (Å²) < 4.78 is 36.4. The molecule has 11 rings (SSSR count).